The topological polar surface area (TPSA) is 49.3 Å². The molecule has 2 N–H and O–H groups in total. The van der Waals surface area contributed by atoms with Crippen LogP contribution in [0, 0.1) is 0 Å². The lowest BCUT2D eigenvalue weighted by Crippen LogP contribution is -2.28. The Kier molecular flexibility index (Phi) is 3.98. The highest BCUT2D eigenvalue weighted by atomic mass is 19.4. The number of carboxylic acids is 1. The SMILES string of the molecule is CCC(Nc1cccc(C(F)(F)F)c1)C(=O)O. The van der Waals surface area contributed by atoms with Crippen LogP contribution in [0.15, 0.2) is 24.3 Å². The van der Waals surface area contributed by atoms with Crippen LogP contribution in [0.1, 0.15) is 18.9 Å². The minimum atomic E-state index is -4.43. The second-order valence-corrected chi connectivity index (χ2v) is 3.52. The molecule has 1 unspecified atom stereocenters. The Morgan fingerprint density at radius 2 is 2.12 bits per heavy atom. The van der Waals surface area contributed by atoms with E-state index in [4.69, 9.17) is 5.11 Å². The predicted molar refractivity (Wildman–Crippen MR) is 56.8 cm³/mol. The zero-order chi connectivity index (χ0) is 13.1. The van der Waals surface area contributed by atoms with Crippen molar-refractivity contribution in [1.29, 1.82) is 0 Å². The zero-order valence-corrected chi connectivity index (χ0v) is 9.08. The van der Waals surface area contributed by atoms with Crippen molar-refractivity contribution in [3.05, 3.63) is 29.8 Å². The second-order valence-electron chi connectivity index (χ2n) is 3.52. The molecule has 6 heteroatoms. The van der Waals surface area contributed by atoms with Crippen molar-refractivity contribution in [2.24, 2.45) is 0 Å². The van der Waals surface area contributed by atoms with Crippen molar-refractivity contribution < 1.29 is 23.1 Å². The molecule has 0 fully saturated rings. The lowest BCUT2D eigenvalue weighted by atomic mass is 10.1. The number of carbonyl (C=O) groups is 1. The molecule has 0 saturated carbocycles. The minimum absolute atomic E-state index is 0.147. The average Bonchev–Trinajstić information content (AvgIpc) is 2.24. The number of anilines is 1. The van der Waals surface area contributed by atoms with Gasteiger partial charge in [-0.15, -0.1) is 0 Å². The molecule has 1 aromatic carbocycles. The standard InChI is InChI=1S/C11H12F3NO2/c1-2-9(10(16)17)15-8-5-3-4-7(6-8)11(12,13)14/h3-6,9,15H,2H2,1H3,(H,16,17). The van der Waals surface area contributed by atoms with Gasteiger partial charge in [0, 0.05) is 5.69 Å². The first-order valence-corrected chi connectivity index (χ1v) is 5.01. The molecule has 0 amide bonds. The molecule has 1 atom stereocenters. The zero-order valence-electron chi connectivity index (χ0n) is 9.08. The first-order valence-electron chi connectivity index (χ1n) is 5.01. The van der Waals surface area contributed by atoms with Gasteiger partial charge in [0.2, 0.25) is 0 Å². The van der Waals surface area contributed by atoms with E-state index in [9.17, 15) is 18.0 Å². The summed E-state index contributed by atoms with van der Waals surface area (Å²) < 4.78 is 37.2. The number of benzene rings is 1. The monoisotopic (exact) mass is 247 g/mol. The van der Waals surface area contributed by atoms with Crippen molar-refractivity contribution in [2.75, 3.05) is 5.32 Å². The Morgan fingerprint density at radius 3 is 2.59 bits per heavy atom. The van der Waals surface area contributed by atoms with Crippen molar-refractivity contribution in [3.8, 4) is 0 Å². The van der Waals surface area contributed by atoms with Crippen LogP contribution in [-0.2, 0) is 11.0 Å². The van der Waals surface area contributed by atoms with Gasteiger partial charge in [-0.3, -0.25) is 0 Å². The van der Waals surface area contributed by atoms with Gasteiger partial charge in [0.1, 0.15) is 6.04 Å². The third-order valence-electron chi connectivity index (χ3n) is 2.24. The molecule has 0 heterocycles. The van der Waals surface area contributed by atoms with E-state index in [1.54, 1.807) is 6.92 Å². The maximum absolute atomic E-state index is 12.4. The van der Waals surface area contributed by atoms with Crippen LogP contribution in [0.5, 0.6) is 0 Å². The molecule has 94 valence electrons. The fourth-order valence-electron chi connectivity index (χ4n) is 1.32. The maximum atomic E-state index is 12.4. The van der Waals surface area contributed by atoms with E-state index < -0.39 is 23.8 Å². The highest BCUT2D eigenvalue weighted by Crippen LogP contribution is 2.30. The number of carboxylic acid groups (broad SMARTS) is 1. The Hall–Kier alpha value is -1.72. The van der Waals surface area contributed by atoms with Crippen molar-refractivity contribution in [3.63, 3.8) is 0 Å². The van der Waals surface area contributed by atoms with Gasteiger partial charge in [-0.05, 0) is 24.6 Å². The van der Waals surface area contributed by atoms with Crippen LogP contribution in [0.2, 0.25) is 0 Å². The van der Waals surface area contributed by atoms with Crippen molar-refractivity contribution in [2.45, 2.75) is 25.6 Å². The normalized spacial score (nSPS) is 13.2. The smallest absolute Gasteiger partial charge is 0.416 e. The van der Waals surface area contributed by atoms with Crippen molar-refractivity contribution in [1.82, 2.24) is 0 Å². The van der Waals surface area contributed by atoms with E-state index in [1.165, 1.54) is 12.1 Å². The van der Waals surface area contributed by atoms with Gasteiger partial charge in [0.25, 0.3) is 0 Å². The number of rotatable bonds is 4. The summed E-state index contributed by atoms with van der Waals surface area (Å²) in [5.74, 6) is -1.09. The fourth-order valence-corrected chi connectivity index (χ4v) is 1.32. The Labute approximate surface area is 96.3 Å². The summed E-state index contributed by atoms with van der Waals surface area (Å²) in [6.45, 7) is 1.64. The van der Waals surface area contributed by atoms with Gasteiger partial charge in [-0.25, -0.2) is 4.79 Å². The molecule has 17 heavy (non-hydrogen) atoms. The van der Waals surface area contributed by atoms with Crippen LogP contribution in [0.25, 0.3) is 0 Å². The van der Waals surface area contributed by atoms with Gasteiger partial charge in [0.15, 0.2) is 0 Å². The van der Waals surface area contributed by atoms with Crippen LogP contribution in [0.3, 0.4) is 0 Å². The van der Waals surface area contributed by atoms with Gasteiger partial charge >= 0.3 is 12.1 Å². The maximum Gasteiger partial charge on any atom is 0.416 e. The van der Waals surface area contributed by atoms with Crippen LogP contribution in [-0.4, -0.2) is 17.1 Å². The van der Waals surface area contributed by atoms with Crippen LogP contribution in [0.4, 0.5) is 18.9 Å². The van der Waals surface area contributed by atoms with Crippen LogP contribution >= 0.6 is 0 Å². The summed E-state index contributed by atoms with van der Waals surface area (Å²) in [6, 6.07) is 3.58. The average molecular weight is 247 g/mol. The molecule has 0 aliphatic heterocycles. The highest BCUT2D eigenvalue weighted by molar-refractivity contribution is 5.77. The first-order chi connectivity index (χ1) is 7.84. The third-order valence-corrected chi connectivity index (χ3v) is 2.24. The Morgan fingerprint density at radius 1 is 1.47 bits per heavy atom. The van der Waals surface area contributed by atoms with Crippen molar-refractivity contribution >= 4 is 11.7 Å². The largest absolute Gasteiger partial charge is 0.480 e. The number of hydrogen-bond donors (Lipinski definition) is 2. The molecule has 0 aliphatic rings. The number of alkyl halides is 3. The van der Waals surface area contributed by atoms with Gasteiger partial charge in [-0.2, -0.15) is 13.2 Å². The molecule has 0 radical (unpaired) electrons. The summed E-state index contributed by atoms with van der Waals surface area (Å²) in [5, 5.41) is 11.3. The minimum Gasteiger partial charge on any atom is -0.480 e. The second kappa shape index (κ2) is 5.07. The highest BCUT2D eigenvalue weighted by Gasteiger charge is 2.30. The number of nitrogens with one attached hydrogen (secondary N) is 1. The molecular formula is C11H12F3NO2. The molecule has 0 saturated heterocycles. The fraction of sp³-hybridized carbons (Fsp3) is 0.364. The van der Waals surface area contributed by atoms with E-state index in [-0.39, 0.29) is 12.1 Å². The lowest BCUT2D eigenvalue weighted by molar-refractivity contribution is -0.138. The number of hydrogen-bond acceptors (Lipinski definition) is 2. The number of halogens is 3. The quantitative estimate of drug-likeness (QED) is 0.859. The molecule has 0 aromatic heterocycles. The van der Waals surface area contributed by atoms with E-state index in [0.29, 0.717) is 0 Å². The van der Waals surface area contributed by atoms with E-state index in [1.807, 2.05) is 0 Å². The summed E-state index contributed by atoms with van der Waals surface area (Å²) >= 11 is 0. The van der Waals surface area contributed by atoms with E-state index >= 15 is 0 Å². The van der Waals surface area contributed by atoms with Gasteiger partial charge in [-0.1, -0.05) is 13.0 Å². The lowest BCUT2D eigenvalue weighted by Gasteiger charge is -2.15. The molecule has 1 rings (SSSR count). The molecular weight excluding hydrogens is 235 g/mol. The molecule has 0 bridgehead atoms. The van der Waals surface area contributed by atoms with Gasteiger partial charge < -0.3 is 10.4 Å². The summed E-state index contributed by atoms with van der Waals surface area (Å²) in [6.07, 6.45) is -4.14. The van der Waals surface area contributed by atoms with Crippen LogP contribution < -0.4 is 5.32 Å². The molecule has 0 spiro atoms. The summed E-state index contributed by atoms with van der Waals surface area (Å²) in [5.41, 5.74) is -0.656. The Bertz CT molecular complexity index is 404. The van der Waals surface area contributed by atoms with Gasteiger partial charge in [0.05, 0.1) is 5.56 Å². The predicted octanol–water partition coefficient (Wildman–Crippen LogP) is 2.98. The summed E-state index contributed by atoms with van der Waals surface area (Å²) in [7, 11) is 0. The number of aliphatic carboxylic acids is 1. The summed E-state index contributed by atoms with van der Waals surface area (Å²) in [4.78, 5) is 10.7. The molecule has 1 aromatic rings. The molecule has 3 nitrogen and oxygen atoms in total. The van der Waals surface area contributed by atoms with E-state index in [2.05, 4.69) is 5.32 Å². The van der Waals surface area contributed by atoms with E-state index in [0.717, 1.165) is 12.1 Å². The first kappa shape index (κ1) is 13.3. The Balaban J connectivity index is 2.89. The third kappa shape index (κ3) is 3.65. The molecule has 0 aliphatic carbocycles.